The van der Waals surface area contributed by atoms with Crippen molar-refractivity contribution in [3.8, 4) is 0 Å². The second-order valence-electron chi connectivity index (χ2n) is 4.43. The molecule has 0 aliphatic rings. The van der Waals surface area contributed by atoms with Crippen LogP contribution in [0.25, 0.3) is 0 Å². The van der Waals surface area contributed by atoms with Crippen LogP contribution in [0.4, 0.5) is 0 Å². The Morgan fingerprint density at radius 2 is 1.87 bits per heavy atom. The van der Waals surface area contributed by atoms with Crippen LogP contribution in [0.15, 0.2) is 0 Å². The highest BCUT2D eigenvalue weighted by Gasteiger charge is 2.20. The lowest BCUT2D eigenvalue weighted by molar-refractivity contribution is -0.132. The molecule has 2 N–H and O–H groups in total. The summed E-state index contributed by atoms with van der Waals surface area (Å²) >= 11 is 0. The van der Waals surface area contributed by atoms with Crippen molar-refractivity contribution in [2.24, 2.45) is 0 Å². The summed E-state index contributed by atoms with van der Waals surface area (Å²) in [5, 5.41) is 12.5. The van der Waals surface area contributed by atoms with Gasteiger partial charge in [-0.3, -0.25) is 4.79 Å². The Bertz CT molecular complexity index is 195. The van der Waals surface area contributed by atoms with E-state index in [1.165, 1.54) is 0 Å². The molecule has 0 fully saturated rings. The van der Waals surface area contributed by atoms with Gasteiger partial charge in [-0.25, -0.2) is 0 Å². The van der Waals surface area contributed by atoms with E-state index in [9.17, 15) is 9.90 Å². The van der Waals surface area contributed by atoms with Crippen molar-refractivity contribution in [3.05, 3.63) is 0 Å². The Balaban J connectivity index is 4.09. The molecule has 0 saturated heterocycles. The molecule has 0 bridgehead atoms. The summed E-state index contributed by atoms with van der Waals surface area (Å²) in [6.45, 7) is 11.1. The third-order valence-corrected chi connectivity index (χ3v) is 2.29. The van der Waals surface area contributed by atoms with Crippen LogP contribution in [0.2, 0.25) is 0 Å². The van der Waals surface area contributed by atoms with E-state index in [4.69, 9.17) is 0 Å². The summed E-state index contributed by atoms with van der Waals surface area (Å²) in [7, 11) is 0. The van der Waals surface area contributed by atoms with Gasteiger partial charge >= 0.3 is 0 Å². The quantitative estimate of drug-likeness (QED) is 0.684. The molecule has 0 aliphatic carbocycles. The van der Waals surface area contributed by atoms with Crippen molar-refractivity contribution < 1.29 is 9.90 Å². The zero-order valence-electron chi connectivity index (χ0n) is 10.5. The van der Waals surface area contributed by atoms with Crippen LogP contribution in [-0.4, -0.2) is 47.2 Å². The highest BCUT2D eigenvalue weighted by molar-refractivity contribution is 5.81. The van der Waals surface area contributed by atoms with Gasteiger partial charge in [0, 0.05) is 19.6 Å². The molecule has 1 atom stereocenters. The number of rotatable bonds is 6. The van der Waals surface area contributed by atoms with Crippen molar-refractivity contribution in [1.82, 2.24) is 10.2 Å². The summed E-state index contributed by atoms with van der Waals surface area (Å²) in [4.78, 5) is 13.6. The van der Waals surface area contributed by atoms with E-state index in [0.717, 1.165) is 13.1 Å². The lowest BCUT2D eigenvalue weighted by atomic mass is 10.1. The van der Waals surface area contributed by atoms with E-state index in [2.05, 4.69) is 5.32 Å². The fourth-order valence-electron chi connectivity index (χ4n) is 1.30. The van der Waals surface area contributed by atoms with Gasteiger partial charge in [-0.15, -0.1) is 0 Å². The molecular weight excluding hydrogens is 192 g/mol. The largest absolute Gasteiger partial charge is 0.389 e. The van der Waals surface area contributed by atoms with Crippen molar-refractivity contribution >= 4 is 5.91 Å². The van der Waals surface area contributed by atoms with Gasteiger partial charge in [-0.1, -0.05) is 0 Å². The maximum atomic E-state index is 11.8. The summed E-state index contributed by atoms with van der Waals surface area (Å²) in [5.74, 6) is 0.0873. The van der Waals surface area contributed by atoms with Gasteiger partial charge in [0.2, 0.25) is 5.91 Å². The zero-order chi connectivity index (χ0) is 12.1. The molecule has 1 unspecified atom stereocenters. The summed E-state index contributed by atoms with van der Waals surface area (Å²) in [6, 6.07) is -0.240. The van der Waals surface area contributed by atoms with Gasteiger partial charge in [0.05, 0.1) is 11.6 Å². The maximum absolute atomic E-state index is 11.8. The van der Waals surface area contributed by atoms with Crippen molar-refractivity contribution in [2.75, 3.05) is 19.6 Å². The standard InChI is InChI=1S/C11H24N2O2/c1-6-13(7-2)10(14)9(3)12-8-11(4,5)15/h9,12,15H,6-8H2,1-5H3. The molecule has 0 aromatic rings. The lowest BCUT2D eigenvalue weighted by Gasteiger charge is -2.26. The highest BCUT2D eigenvalue weighted by Crippen LogP contribution is 2.00. The summed E-state index contributed by atoms with van der Waals surface area (Å²) in [5.41, 5.74) is -0.780. The number of hydrogen-bond donors (Lipinski definition) is 2. The first kappa shape index (κ1) is 14.4. The number of aliphatic hydroxyl groups is 1. The second kappa shape index (κ2) is 6.08. The number of amides is 1. The summed E-state index contributed by atoms with van der Waals surface area (Å²) in [6.07, 6.45) is 0. The van der Waals surface area contributed by atoms with Gasteiger partial charge in [-0.2, -0.15) is 0 Å². The van der Waals surface area contributed by atoms with Crippen molar-refractivity contribution in [2.45, 2.75) is 46.3 Å². The number of nitrogens with one attached hydrogen (secondary N) is 1. The van der Waals surface area contributed by atoms with Crippen molar-refractivity contribution in [3.63, 3.8) is 0 Å². The van der Waals surface area contributed by atoms with Crippen LogP contribution in [0.5, 0.6) is 0 Å². The minimum Gasteiger partial charge on any atom is -0.389 e. The molecule has 0 aromatic carbocycles. The molecular formula is C11H24N2O2. The first-order valence-corrected chi connectivity index (χ1v) is 5.56. The van der Waals surface area contributed by atoms with Crippen LogP contribution < -0.4 is 5.32 Å². The first-order chi connectivity index (χ1) is 6.81. The fourth-order valence-corrected chi connectivity index (χ4v) is 1.30. The molecule has 1 amide bonds. The summed E-state index contributed by atoms with van der Waals surface area (Å²) < 4.78 is 0. The van der Waals surface area contributed by atoms with Crippen LogP contribution in [0.3, 0.4) is 0 Å². The third-order valence-electron chi connectivity index (χ3n) is 2.29. The molecule has 0 spiro atoms. The molecule has 0 aliphatic heterocycles. The number of carbonyl (C=O) groups excluding carboxylic acids is 1. The van der Waals surface area contributed by atoms with Crippen molar-refractivity contribution in [1.29, 1.82) is 0 Å². The number of nitrogens with zero attached hydrogens (tertiary/aromatic N) is 1. The first-order valence-electron chi connectivity index (χ1n) is 5.56. The van der Waals surface area contributed by atoms with E-state index in [1.807, 2.05) is 20.8 Å². The van der Waals surface area contributed by atoms with Gasteiger partial charge in [0.15, 0.2) is 0 Å². The Morgan fingerprint density at radius 1 is 1.40 bits per heavy atom. The Labute approximate surface area is 92.7 Å². The maximum Gasteiger partial charge on any atom is 0.239 e. The van der Waals surface area contributed by atoms with E-state index in [1.54, 1.807) is 18.7 Å². The minimum absolute atomic E-state index is 0.0873. The number of hydrogen-bond acceptors (Lipinski definition) is 3. The Hall–Kier alpha value is -0.610. The topological polar surface area (TPSA) is 52.6 Å². The van der Waals surface area contributed by atoms with Crippen LogP contribution in [0.1, 0.15) is 34.6 Å². The van der Waals surface area contributed by atoms with E-state index < -0.39 is 5.60 Å². The molecule has 90 valence electrons. The molecule has 4 nitrogen and oxygen atoms in total. The van der Waals surface area contributed by atoms with Gasteiger partial charge in [-0.05, 0) is 34.6 Å². The van der Waals surface area contributed by atoms with Gasteiger partial charge in [0.1, 0.15) is 0 Å². The fraction of sp³-hybridized carbons (Fsp3) is 0.909. The highest BCUT2D eigenvalue weighted by atomic mass is 16.3. The van der Waals surface area contributed by atoms with Gasteiger partial charge < -0.3 is 15.3 Å². The minimum atomic E-state index is -0.780. The normalized spacial score (nSPS) is 13.7. The van der Waals surface area contributed by atoms with Crippen LogP contribution in [-0.2, 0) is 4.79 Å². The molecule has 0 aromatic heterocycles. The van der Waals surface area contributed by atoms with E-state index >= 15 is 0 Å². The Morgan fingerprint density at radius 3 is 2.20 bits per heavy atom. The average Bonchev–Trinajstić information content (AvgIpc) is 2.14. The van der Waals surface area contributed by atoms with E-state index in [-0.39, 0.29) is 11.9 Å². The molecule has 0 saturated carbocycles. The molecule has 4 heteroatoms. The molecule has 0 heterocycles. The molecule has 0 radical (unpaired) electrons. The van der Waals surface area contributed by atoms with Gasteiger partial charge in [0.25, 0.3) is 0 Å². The smallest absolute Gasteiger partial charge is 0.239 e. The lowest BCUT2D eigenvalue weighted by Crippen LogP contribution is -2.48. The number of carbonyl (C=O) groups is 1. The van der Waals surface area contributed by atoms with Crippen LogP contribution >= 0.6 is 0 Å². The van der Waals surface area contributed by atoms with E-state index in [0.29, 0.717) is 6.54 Å². The molecule has 0 rings (SSSR count). The predicted octanol–water partition coefficient (Wildman–Crippen LogP) is 0.604. The number of likely N-dealkylation sites (N-methyl/N-ethyl adjacent to an activating group) is 1. The Kier molecular flexibility index (Phi) is 5.83. The zero-order valence-corrected chi connectivity index (χ0v) is 10.5. The third kappa shape index (κ3) is 5.74. The molecule has 15 heavy (non-hydrogen) atoms. The SMILES string of the molecule is CCN(CC)C(=O)C(C)NCC(C)(C)O. The second-order valence-corrected chi connectivity index (χ2v) is 4.43. The monoisotopic (exact) mass is 216 g/mol. The average molecular weight is 216 g/mol. The predicted molar refractivity (Wildman–Crippen MR) is 61.7 cm³/mol. The van der Waals surface area contributed by atoms with Crippen LogP contribution in [0, 0.1) is 0 Å².